The van der Waals surface area contributed by atoms with Crippen LogP contribution < -0.4 is 5.73 Å². The number of hydrogen-bond donors (Lipinski definition) is 2. The lowest BCUT2D eigenvalue weighted by atomic mass is 10.1. The van der Waals surface area contributed by atoms with Gasteiger partial charge in [0.15, 0.2) is 0 Å². The van der Waals surface area contributed by atoms with Gasteiger partial charge in [-0.25, -0.2) is 0 Å². The summed E-state index contributed by atoms with van der Waals surface area (Å²) in [5.41, 5.74) is 6.99. The van der Waals surface area contributed by atoms with E-state index in [0.29, 0.717) is 0 Å². The molecule has 68 valence electrons. The van der Waals surface area contributed by atoms with Gasteiger partial charge in [0.1, 0.15) is 0 Å². The Morgan fingerprint density at radius 2 is 2.15 bits per heavy atom. The van der Waals surface area contributed by atoms with E-state index in [0.717, 1.165) is 15.2 Å². The van der Waals surface area contributed by atoms with Crippen molar-refractivity contribution in [3.05, 3.63) is 23.8 Å². The van der Waals surface area contributed by atoms with Crippen LogP contribution in [-0.2, 0) is 5.33 Å². The molecule has 2 N–H and O–H groups in total. The molecule has 4 heteroatoms. The van der Waals surface area contributed by atoms with Crippen LogP contribution in [0.3, 0.4) is 0 Å². The molecule has 0 fully saturated rings. The highest BCUT2D eigenvalue weighted by Gasteiger charge is 2.04. The van der Waals surface area contributed by atoms with Gasteiger partial charge in [-0.3, -0.25) is 0 Å². The van der Waals surface area contributed by atoms with E-state index >= 15 is 0 Å². The monoisotopic (exact) mass is 273 g/mol. The lowest BCUT2D eigenvalue weighted by Crippen LogP contribution is -1.79. The quantitative estimate of drug-likeness (QED) is 0.602. The van der Waals surface area contributed by atoms with Crippen molar-refractivity contribution in [3.8, 4) is 0 Å². The minimum Gasteiger partial charge on any atom is -0.391 e. The van der Waals surface area contributed by atoms with Gasteiger partial charge in [0, 0.05) is 14.9 Å². The van der Waals surface area contributed by atoms with Crippen molar-refractivity contribution in [2.24, 2.45) is 0 Å². The molecular weight excluding hydrogens is 266 g/mol. The molecule has 0 unspecified atom stereocenters. The van der Waals surface area contributed by atoms with Crippen molar-refractivity contribution >= 4 is 55.0 Å². The highest BCUT2D eigenvalue weighted by molar-refractivity contribution is 9.08. The van der Waals surface area contributed by atoms with Crippen LogP contribution in [-0.4, -0.2) is 0 Å². The van der Waals surface area contributed by atoms with Gasteiger partial charge in [0.2, 0.25) is 0 Å². The maximum Gasteiger partial charge on any atom is 0.0868 e. The van der Waals surface area contributed by atoms with E-state index in [2.05, 4.69) is 34.6 Å². The maximum absolute atomic E-state index is 5.74. The lowest BCUT2D eigenvalue weighted by Gasteiger charge is -1.99. The third-order valence-corrected chi connectivity index (χ3v) is 3.64. The predicted molar refractivity (Wildman–Crippen MR) is 66.1 cm³/mol. The average Bonchev–Trinajstić information content (AvgIpc) is 2.43. The van der Waals surface area contributed by atoms with E-state index in [1.54, 1.807) is 11.3 Å². The Balaban J connectivity index is 2.80. The Bertz CT molecular complexity index is 450. The molecule has 0 aliphatic heterocycles. The Morgan fingerprint density at radius 3 is 2.85 bits per heavy atom. The van der Waals surface area contributed by atoms with E-state index in [1.165, 1.54) is 15.6 Å². The topological polar surface area (TPSA) is 26.0 Å². The van der Waals surface area contributed by atoms with Crippen LogP contribution in [0.4, 0.5) is 5.00 Å². The highest BCUT2D eigenvalue weighted by atomic mass is 79.9. The Morgan fingerprint density at radius 1 is 1.38 bits per heavy atom. The summed E-state index contributed by atoms with van der Waals surface area (Å²) in [6, 6.07) is 6.13. The van der Waals surface area contributed by atoms with Crippen LogP contribution in [0.2, 0.25) is 0 Å². The summed E-state index contributed by atoms with van der Waals surface area (Å²) in [5.74, 6) is 0. The number of thiophene rings is 1. The number of fused-ring (bicyclic) bond motifs is 1. The summed E-state index contributed by atoms with van der Waals surface area (Å²) in [5, 5.41) is 2.93. The number of thiol groups is 1. The number of rotatable bonds is 1. The van der Waals surface area contributed by atoms with Gasteiger partial charge in [-0.2, -0.15) is 0 Å². The van der Waals surface area contributed by atoms with Crippen molar-refractivity contribution in [1.29, 1.82) is 0 Å². The number of alkyl halides is 1. The number of nitrogens with two attached hydrogens (primary N) is 1. The standard InChI is InChI=1S/C9H8BrNS2/c10-4-5-1-6(12)2-8-7(5)3-9(11)13-8/h1-3,12H,4,11H2. The molecule has 1 aromatic heterocycles. The summed E-state index contributed by atoms with van der Waals surface area (Å²) in [7, 11) is 0. The molecule has 1 heterocycles. The minimum atomic E-state index is 0.841. The van der Waals surface area contributed by atoms with Crippen molar-refractivity contribution < 1.29 is 0 Å². The van der Waals surface area contributed by atoms with Crippen LogP contribution in [0.5, 0.6) is 0 Å². The first kappa shape index (κ1) is 9.37. The molecular formula is C9H8BrNS2. The van der Waals surface area contributed by atoms with Gasteiger partial charge in [-0.1, -0.05) is 15.9 Å². The van der Waals surface area contributed by atoms with Gasteiger partial charge < -0.3 is 5.73 Å². The predicted octanol–water partition coefficient (Wildman–Crippen LogP) is 3.67. The number of anilines is 1. The molecule has 0 bridgehead atoms. The number of hydrogen-bond acceptors (Lipinski definition) is 3. The summed E-state index contributed by atoms with van der Waals surface area (Å²) >= 11 is 9.39. The van der Waals surface area contributed by atoms with Gasteiger partial charge in [0.25, 0.3) is 0 Å². The van der Waals surface area contributed by atoms with Gasteiger partial charge >= 0.3 is 0 Å². The fourth-order valence-electron chi connectivity index (χ4n) is 1.33. The molecule has 1 aromatic carbocycles. The van der Waals surface area contributed by atoms with Crippen LogP contribution in [0.15, 0.2) is 23.1 Å². The maximum atomic E-state index is 5.74. The molecule has 2 aromatic rings. The molecule has 0 amide bonds. The number of nitrogen functional groups attached to an aromatic ring is 1. The summed E-state index contributed by atoms with van der Waals surface area (Å²) in [6.07, 6.45) is 0. The summed E-state index contributed by atoms with van der Waals surface area (Å²) in [4.78, 5) is 0.990. The third kappa shape index (κ3) is 1.71. The lowest BCUT2D eigenvalue weighted by molar-refractivity contribution is 1.41. The molecule has 0 radical (unpaired) electrons. The fourth-order valence-corrected chi connectivity index (χ4v) is 3.08. The second-order valence-corrected chi connectivity index (χ2v) is 4.99. The van der Waals surface area contributed by atoms with Crippen molar-refractivity contribution in [2.75, 3.05) is 5.73 Å². The molecule has 1 nitrogen and oxygen atoms in total. The smallest absolute Gasteiger partial charge is 0.0868 e. The van der Waals surface area contributed by atoms with E-state index < -0.39 is 0 Å². The summed E-state index contributed by atoms with van der Waals surface area (Å²) in [6.45, 7) is 0. The Labute approximate surface area is 94.5 Å². The zero-order valence-corrected chi connectivity index (χ0v) is 10.0. The third-order valence-electron chi connectivity index (χ3n) is 1.87. The first-order valence-corrected chi connectivity index (χ1v) is 6.16. The zero-order chi connectivity index (χ0) is 9.42. The second kappa shape index (κ2) is 3.52. The SMILES string of the molecule is Nc1cc2c(CBr)cc(S)cc2s1. The number of halogens is 1. The normalized spacial score (nSPS) is 10.9. The van der Waals surface area contributed by atoms with E-state index in [4.69, 9.17) is 5.73 Å². The summed E-state index contributed by atoms with van der Waals surface area (Å²) < 4.78 is 1.21. The van der Waals surface area contributed by atoms with E-state index in [9.17, 15) is 0 Å². The van der Waals surface area contributed by atoms with Gasteiger partial charge in [-0.15, -0.1) is 24.0 Å². The molecule has 13 heavy (non-hydrogen) atoms. The second-order valence-electron chi connectivity index (χ2n) is 2.80. The largest absolute Gasteiger partial charge is 0.391 e. The van der Waals surface area contributed by atoms with Crippen LogP contribution in [0, 0.1) is 0 Å². The molecule has 0 aliphatic carbocycles. The highest BCUT2D eigenvalue weighted by Crippen LogP contribution is 2.33. The zero-order valence-electron chi connectivity index (χ0n) is 6.75. The van der Waals surface area contributed by atoms with E-state index in [-0.39, 0.29) is 0 Å². The van der Waals surface area contributed by atoms with Gasteiger partial charge in [-0.05, 0) is 29.1 Å². The first-order chi connectivity index (χ1) is 6.20. The average molecular weight is 274 g/mol. The molecule has 0 aliphatic rings. The van der Waals surface area contributed by atoms with Crippen molar-refractivity contribution in [1.82, 2.24) is 0 Å². The van der Waals surface area contributed by atoms with Crippen molar-refractivity contribution in [3.63, 3.8) is 0 Å². The van der Waals surface area contributed by atoms with Crippen LogP contribution in [0.25, 0.3) is 10.1 Å². The minimum absolute atomic E-state index is 0.841. The van der Waals surface area contributed by atoms with Crippen LogP contribution >= 0.6 is 39.9 Å². The number of benzene rings is 1. The fraction of sp³-hybridized carbons (Fsp3) is 0.111. The van der Waals surface area contributed by atoms with Gasteiger partial charge in [0.05, 0.1) is 5.00 Å². The van der Waals surface area contributed by atoms with Crippen LogP contribution in [0.1, 0.15) is 5.56 Å². The molecule has 2 rings (SSSR count). The van der Waals surface area contributed by atoms with Crippen molar-refractivity contribution in [2.45, 2.75) is 10.2 Å². The molecule has 0 spiro atoms. The Hall–Kier alpha value is -0.190. The molecule has 0 saturated carbocycles. The Kier molecular flexibility index (Phi) is 2.53. The first-order valence-electron chi connectivity index (χ1n) is 3.77. The van der Waals surface area contributed by atoms with E-state index in [1.807, 2.05) is 12.1 Å². The molecule has 0 saturated heterocycles. The molecule has 0 atom stereocenters.